The molecule has 6 nitrogen and oxygen atoms in total. The maximum atomic E-state index is 9.17. The molecule has 3 heterocycles. The fourth-order valence-corrected chi connectivity index (χ4v) is 3.20. The second-order valence-corrected chi connectivity index (χ2v) is 5.73. The highest BCUT2D eigenvalue weighted by atomic mass is 16.5. The van der Waals surface area contributed by atoms with E-state index in [0.717, 1.165) is 52.5 Å². The van der Waals surface area contributed by atoms with Crippen LogP contribution in [0.25, 0.3) is 0 Å². The number of aromatic nitrogens is 1. The molecule has 0 unspecified atom stereocenters. The summed E-state index contributed by atoms with van der Waals surface area (Å²) in [6.07, 6.45) is 2.81. The molecule has 0 amide bonds. The molecule has 0 bridgehead atoms. The van der Waals surface area contributed by atoms with Gasteiger partial charge in [0.15, 0.2) is 0 Å². The van der Waals surface area contributed by atoms with Gasteiger partial charge in [0.05, 0.1) is 25.4 Å². The highest BCUT2D eigenvalue weighted by Gasteiger charge is 2.31. The molecule has 1 aromatic heterocycles. The fourth-order valence-electron chi connectivity index (χ4n) is 3.20. The number of pyridine rings is 1. The van der Waals surface area contributed by atoms with E-state index in [-0.39, 0.29) is 0 Å². The average Bonchev–Trinajstić information content (AvgIpc) is 3.11. The molecule has 0 spiro atoms. The lowest BCUT2D eigenvalue weighted by Gasteiger charge is -2.37. The van der Waals surface area contributed by atoms with Crippen molar-refractivity contribution in [3.8, 4) is 6.07 Å². The summed E-state index contributed by atoms with van der Waals surface area (Å²) in [6, 6.07) is 6.15. The van der Waals surface area contributed by atoms with Crippen LogP contribution in [-0.2, 0) is 9.47 Å². The molecular formula is C16H22N4O2. The largest absolute Gasteiger partial charge is 0.381 e. The Labute approximate surface area is 131 Å². The van der Waals surface area contributed by atoms with Crippen LogP contribution in [0.1, 0.15) is 12.0 Å². The number of hydrogen-bond acceptors (Lipinski definition) is 6. The van der Waals surface area contributed by atoms with Crippen LogP contribution in [0.2, 0.25) is 0 Å². The zero-order valence-corrected chi connectivity index (χ0v) is 12.7. The molecule has 0 saturated carbocycles. The van der Waals surface area contributed by atoms with Gasteiger partial charge in [-0.1, -0.05) is 0 Å². The van der Waals surface area contributed by atoms with Crippen molar-refractivity contribution in [1.29, 1.82) is 5.26 Å². The SMILES string of the molecule is N#Cc1cccnc1NC[C@H]([C@H]1CCOC1)N1CCOCC1. The lowest BCUT2D eigenvalue weighted by molar-refractivity contribution is 0.00460. The predicted octanol–water partition coefficient (Wildman–Crippen LogP) is 1.10. The summed E-state index contributed by atoms with van der Waals surface area (Å²) in [5.41, 5.74) is 0.589. The molecule has 2 saturated heterocycles. The molecule has 2 fully saturated rings. The molecule has 1 N–H and O–H groups in total. The third-order valence-corrected chi connectivity index (χ3v) is 4.43. The van der Waals surface area contributed by atoms with Crippen molar-refractivity contribution in [2.24, 2.45) is 5.92 Å². The number of anilines is 1. The summed E-state index contributed by atoms with van der Waals surface area (Å²) in [5.74, 6) is 1.20. The minimum atomic E-state index is 0.389. The van der Waals surface area contributed by atoms with Gasteiger partial charge < -0.3 is 14.8 Å². The Morgan fingerprint density at radius 3 is 2.95 bits per heavy atom. The molecule has 2 aliphatic rings. The van der Waals surface area contributed by atoms with Crippen molar-refractivity contribution in [2.45, 2.75) is 12.5 Å². The number of hydrogen-bond donors (Lipinski definition) is 1. The zero-order valence-electron chi connectivity index (χ0n) is 12.7. The first-order chi connectivity index (χ1) is 10.9. The second-order valence-electron chi connectivity index (χ2n) is 5.73. The van der Waals surface area contributed by atoms with Gasteiger partial charge in [-0.15, -0.1) is 0 Å². The molecule has 0 aromatic carbocycles. The maximum absolute atomic E-state index is 9.17. The van der Waals surface area contributed by atoms with Gasteiger partial charge in [-0.05, 0) is 18.6 Å². The lowest BCUT2D eigenvalue weighted by Crippen LogP contribution is -2.50. The smallest absolute Gasteiger partial charge is 0.143 e. The van der Waals surface area contributed by atoms with E-state index in [0.29, 0.717) is 23.3 Å². The predicted molar refractivity (Wildman–Crippen MR) is 82.5 cm³/mol. The number of nitriles is 1. The van der Waals surface area contributed by atoms with Gasteiger partial charge in [0, 0.05) is 44.4 Å². The van der Waals surface area contributed by atoms with E-state index < -0.39 is 0 Å². The minimum absolute atomic E-state index is 0.389. The Bertz CT molecular complexity index is 519. The number of rotatable bonds is 5. The van der Waals surface area contributed by atoms with Crippen LogP contribution in [0.15, 0.2) is 18.3 Å². The Balaban J connectivity index is 1.68. The zero-order chi connectivity index (χ0) is 15.2. The van der Waals surface area contributed by atoms with Crippen molar-refractivity contribution in [1.82, 2.24) is 9.88 Å². The van der Waals surface area contributed by atoms with Gasteiger partial charge in [-0.25, -0.2) is 4.98 Å². The summed E-state index contributed by atoms with van der Waals surface area (Å²) in [4.78, 5) is 6.76. The molecule has 2 aliphatic heterocycles. The van der Waals surface area contributed by atoms with E-state index in [1.165, 1.54) is 0 Å². The van der Waals surface area contributed by atoms with Crippen molar-refractivity contribution in [3.05, 3.63) is 23.9 Å². The van der Waals surface area contributed by atoms with Gasteiger partial charge in [-0.2, -0.15) is 5.26 Å². The van der Waals surface area contributed by atoms with Gasteiger partial charge in [-0.3, -0.25) is 4.90 Å². The minimum Gasteiger partial charge on any atom is -0.381 e. The fraction of sp³-hybridized carbons (Fsp3) is 0.625. The Morgan fingerprint density at radius 1 is 1.36 bits per heavy atom. The van der Waals surface area contributed by atoms with Crippen LogP contribution in [-0.4, -0.2) is 62.0 Å². The van der Waals surface area contributed by atoms with Crippen molar-refractivity contribution >= 4 is 5.82 Å². The van der Waals surface area contributed by atoms with Gasteiger partial charge >= 0.3 is 0 Å². The monoisotopic (exact) mass is 302 g/mol. The van der Waals surface area contributed by atoms with E-state index >= 15 is 0 Å². The highest BCUT2D eigenvalue weighted by molar-refractivity contribution is 5.51. The Hall–Kier alpha value is -1.68. The Morgan fingerprint density at radius 2 is 2.23 bits per heavy atom. The topological polar surface area (TPSA) is 70.4 Å². The second kappa shape index (κ2) is 7.54. The summed E-state index contributed by atoms with van der Waals surface area (Å²) >= 11 is 0. The Kier molecular flexibility index (Phi) is 5.22. The van der Waals surface area contributed by atoms with Crippen LogP contribution in [0.4, 0.5) is 5.82 Å². The number of nitrogens with one attached hydrogen (secondary N) is 1. The van der Waals surface area contributed by atoms with Crippen molar-refractivity contribution < 1.29 is 9.47 Å². The number of morpholine rings is 1. The molecule has 0 radical (unpaired) electrons. The van der Waals surface area contributed by atoms with Crippen LogP contribution in [0, 0.1) is 17.2 Å². The normalized spacial score (nSPS) is 23.9. The molecular weight excluding hydrogens is 280 g/mol. The van der Waals surface area contributed by atoms with Gasteiger partial charge in [0.1, 0.15) is 11.9 Å². The van der Waals surface area contributed by atoms with E-state index in [4.69, 9.17) is 14.7 Å². The molecule has 6 heteroatoms. The number of ether oxygens (including phenoxy) is 2. The lowest BCUT2D eigenvalue weighted by atomic mass is 9.97. The van der Waals surface area contributed by atoms with E-state index in [9.17, 15) is 0 Å². The first kappa shape index (κ1) is 15.2. The molecule has 3 rings (SSSR count). The first-order valence-corrected chi connectivity index (χ1v) is 7.87. The summed E-state index contributed by atoms with van der Waals surface area (Å²) < 4.78 is 11.0. The molecule has 22 heavy (non-hydrogen) atoms. The van der Waals surface area contributed by atoms with Gasteiger partial charge in [0.2, 0.25) is 0 Å². The highest BCUT2D eigenvalue weighted by Crippen LogP contribution is 2.23. The molecule has 118 valence electrons. The van der Waals surface area contributed by atoms with Gasteiger partial charge in [0.25, 0.3) is 0 Å². The molecule has 1 aromatic rings. The third kappa shape index (κ3) is 3.55. The van der Waals surface area contributed by atoms with Crippen LogP contribution in [0.3, 0.4) is 0 Å². The van der Waals surface area contributed by atoms with Crippen LogP contribution < -0.4 is 5.32 Å². The van der Waals surface area contributed by atoms with Crippen molar-refractivity contribution in [2.75, 3.05) is 51.4 Å². The summed E-state index contributed by atoms with van der Waals surface area (Å²) in [5, 5.41) is 12.5. The standard InChI is InChI=1S/C16H22N4O2/c17-10-13-2-1-4-18-16(13)19-11-15(14-3-7-22-12-14)20-5-8-21-9-6-20/h1-2,4,14-15H,3,5-9,11-12H2,(H,18,19)/t14-,15+/m0/s1. The molecule has 2 atom stereocenters. The van der Waals surface area contributed by atoms with Crippen LogP contribution in [0.5, 0.6) is 0 Å². The van der Waals surface area contributed by atoms with E-state index in [1.807, 2.05) is 0 Å². The van der Waals surface area contributed by atoms with E-state index in [2.05, 4.69) is 21.3 Å². The third-order valence-electron chi connectivity index (χ3n) is 4.43. The van der Waals surface area contributed by atoms with Crippen LogP contribution >= 0.6 is 0 Å². The van der Waals surface area contributed by atoms with E-state index in [1.54, 1.807) is 18.3 Å². The number of nitrogens with zero attached hydrogens (tertiary/aromatic N) is 3. The quantitative estimate of drug-likeness (QED) is 0.878. The first-order valence-electron chi connectivity index (χ1n) is 7.87. The maximum Gasteiger partial charge on any atom is 0.143 e. The van der Waals surface area contributed by atoms with Crippen molar-refractivity contribution in [3.63, 3.8) is 0 Å². The summed E-state index contributed by atoms with van der Waals surface area (Å²) in [7, 11) is 0. The average molecular weight is 302 g/mol. The molecule has 0 aliphatic carbocycles. The summed E-state index contributed by atoms with van der Waals surface area (Å²) in [6.45, 7) is 5.93.